The van der Waals surface area contributed by atoms with Crippen LogP contribution in [0.5, 0.6) is 0 Å². The Kier molecular flexibility index (Phi) is 23.7. The number of fused-ring (bicyclic) bond motifs is 13. The number of pyridine rings is 9. The van der Waals surface area contributed by atoms with Gasteiger partial charge in [0.1, 0.15) is 0 Å². The Morgan fingerprint density at radius 3 is 1.10 bits per heavy atom. The molecule has 23 rings (SSSR count). The summed E-state index contributed by atoms with van der Waals surface area (Å²) in [7, 11) is 0. The molecule has 0 aliphatic heterocycles. The monoisotopic (exact) mass is 2450 g/mol. The fourth-order valence-electron chi connectivity index (χ4n) is 19.6. The molecule has 0 saturated heterocycles. The Hall–Kier alpha value is -11.0. The predicted octanol–water partition coefficient (Wildman–Crippen LogP) is 33.3. The van der Waals surface area contributed by atoms with Crippen molar-refractivity contribution in [1.29, 1.82) is 0 Å². The maximum atomic E-state index is 9.17. The first kappa shape index (κ1) is 74.8. The summed E-state index contributed by atoms with van der Waals surface area (Å²) < 4.78 is 242. The van der Waals surface area contributed by atoms with E-state index in [1.165, 1.54) is 130 Å². The van der Waals surface area contributed by atoms with Crippen LogP contribution >= 0.6 is 0 Å². The topological polar surface area (TPSA) is 155 Å². The standard InChI is InChI=1S/C25H23N2O.C25H25N2O.C24H21N2O.3C18H22N.3Ir/c1-15-5-8-21-20-3-2-4-22(24(20)28-25(21)27-15)23-14-17(9-10-26-23)13-19-12-16-6-7-18(19)11-16;1-16-7-8-20-19-5-4-6-21(23(19)28-24(20)27-16)22-15-18(11-14-26-22)17-9-12-25(2,3)13-10-17;1-14-5-8-19-18-3-2-4-20(23(18)27-24(19)26-14)22-13-17(9-10-25-22)21-12-15-6-7-16(21)11-15;3*1-13-6-8-15(9-7-13)17-10-16(11-18(3,4)5)14(2)12-19-17;;;/h2-3,5,8-10,14,16,18-19H,6-7,11-13H2,1H3;4-5,7-8,11,14-15,17H,9-10,12-13H2,1-3H3;2-3,5,8-10,13,15-16,21H,6-7,11-12H2,1H3;3*6-8,10,12H,11H2,1-5H3;;;/q6*-1;;;/i13D2;17D;21D;3*1D3,2D3,11D2;;;. The summed E-state index contributed by atoms with van der Waals surface area (Å²) in [6.07, 6.45) is 15.0. The smallest absolute Gasteiger partial charge is 0.216 e. The quantitative estimate of drug-likeness (QED) is 0.101. The fraction of sp³-hybridized carbons (Fsp3) is 0.367. The number of benzene rings is 6. The average Bonchev–Trinajstić information content (AvgIpc) is 1.50. The van der Waals surface area contributed by atoms with Crippen molar-refractivity contribution in [2.75, 3.05) is 0 Å². The number of hydrogen-bond acceptors (Lipinski definition) is 12. The Morgan fingerprint density at radius 1 is 0.378 bits per heavy atom. The van der Waals surface area contributed by atoms with Crippen LogP contribution in [0.25, 0.3) is 134 Å². The molecule has 6 aromatic carbocycles. The van der Waals surface area contributed by atoms with Gasteiger partial charge in [0, 0.05) is 169 Å². The van der Waals surface area contributed by atoms with Gasteiger partial charge in [-0.05, 0) is 300 Å². The van der Waals surface area contributed by atoms with E-state index in [-0.39, 0.29) is 116 Å². The molecule has 15 heteroatoms. The van der Waals surface area contributed by atoms with Crippen molar-refractivity contribution in [1.82, 2.24) is 44.9 Å². The number of nitrogens with zero attached hydrogens (tertiary/aromatic N) is 9. The molecule has 6 atom stereocenters. The van der Waals surface area contributed by atoms with Crippen LogP contribution in [0.1, 0.15) is 287 Å². The molecule has 3 radical (unpaired) electrons. The van der Waals surface area contributed by atoms with E-state index in [9.17, 15) is 1.37 Å². The van der Waals surface area contributed by atoms with Crippen LogP contribution in [0, 0.1) is 150 Å². The van der Waals surface area contributed by atoms with Gasteiger partial charge < -0.3 is 43.2 Å². The van der Waals surface area contributed by atoms with Crippen LogP contribution in [-0.4, -0.2) is 44.9 Å². The first-order valence-corrected chi connectivity index (χ1v) is 48.3. The zero-order valence-corrected chi connectivity index (χ0v) is 90.1. The summed E-state index contributed by atoms with van der Waals surface area (Å²) in [5, 5.41) is 6.02. The van der Waals surface area contributed by atoms with E-state index < -0.39 is 94.6 Å². The van der Waals surface area contributed by atoms with Gasteiger partial charge in [-0.2, -0.15) is 0 Å². The van der Waals surface area contributed by atoms with Gasteiger partial charge in [0.2, 0.25) is 17.1 Å². The van der Waals surface area contributed by atoms with E-state index in [0.717, 1.165) is 144 Å². The summed E-state index contributed by atoms with van der Waals surface area (Å²) in [5.74, 6) is 1.51. The van der Waals surface area contributed by atoms with Crippen molar-refractivity contribution in [2.45, 2.75) is 252 Å². The largest absolute Gasteiger partial charge is 0.486 e. The van der Waals surface area contributed by atoms with Crippen molar-refractivity contribution in [3.05, 3.63) is 339 Å². The molecule has 12 nitrogen and oxygen atoms in total. The molecule has 18 aromatic rings. The van der Waals surface area contributed by atoms with Crippen LogP contribution in [0.2, 0.25) is 0 Å². The Bertz CT molecular complexity index is 8450. The average molecular weight is 2450 g/mol. The van der Waals surface area contributed by atoms with Gasteiger partial charge in [-0.25, -0.2) is 15.0 Å². The third-order valence-corrected chi connectivity index (χ3v) is 26.5. The van der Waals surface area contributed by atoms with Crippen LogP contribution < -0.4 is 0 Å². The van der Waals surface area contributed by atoms with Crippen LogP contribution in [0.3, 0.4) is 0 Å². The molecule has 0 N–H and O–H groups in total. The maximum Gasteiger partial charge on any atom is 0.216 e. The number of furan rings is 3. The molecule has 5 aliphatic carbocycles. The molecule has 143 heavy (non-hydrogen) atoms. The van der Waals surface area contributed by atoms with Crippen molar-refractivity contribution >= 4 is 66.2 Å². The van der Waals surface area contributed by atoms with Gasteiger partial charge in [0.05, 0.1) is 16.7 Å². The number of aryl methyl sites for hydroxylation is 9. The molecule has 12 aromatic heterocycles. The SMILES string of the molecule is [2H]C([2H])([2H])c1c[c-]c(-c2cc(C([2H])([2H])C(C)(C)C)c(C([2H])([2H])[2H])cn2)cc1.[2H]C([2H])([2H])c1c[c-]c(-c2cc(C([2H])([2H])C(C)(C)C)c(C([2H])([2H])[2H])cn2)cc1.[2H]C([2H])([2H])c1c[c-]c(-c2cc(C([2H])([2H])C(C)(C)C)c(C([2H])([2H])[2H])cn2)cc1.[2H]C([2H])(c1ccnc(-c2[c-]ccc3c2oc2nc(C)ccc23)c1)C1CC2CCC1C2.[2H]C1(c2ccnc(-c3[c-]ccc4c3oc3nc(C)ccc34)c2)CC2CCC1C2.[2H]C1(c2ccnc(-c3[c-]ccc4c3oc3nc(C)ccc34)c2)CCC(C)(C)CC1.[Ir].[Ir].[Ir]. The molecule has 743 valence electrons. The Morgan fingerprint density at radius 2 is 0.755 bits per heavy atom. The van der Waals surface area contributed by atoms with Gasteiger partial charge in [0.25, 0.3) is 0 Å². The maximum absolute atomic E-state index is 9.17. The fourth-order valence-corrected chi connectivity index (χ4v) is 19.6. The first-order valence-electron chi connectivity index (χ1n) is 62.3. The second-order valence-electron chi connectivity index (χ2n) is 41.5. The summed E-state index contributed by atoms with van der Waals surface area (Å²) in [5.41, 5.74) is 14.8. The second-order valence-corrected chi connectivity index (χ2v) is 41.5. The van der Waals surface area contributed by atoms with Gasteiger partial charge in [-0.1, -0.05) is 212 Å². The van der Waals surface area contributed by atoms with Crippen molar-refractivity contribution in [3.8, 4) is 67.5 Å². The molecule has 5 aliphatic rings. The molecular weight excluding hydrogens is 2290 g/mol. The third-order valence-electron chi connectivity index (χ3n) is 26.5. The zero-order valence-electron chi connectivity index (χ0n) is 111. The summed E-state index contributed by atoms with van der Waals surface area (Å²) in [6.45, 7) is 11.5. The van der Waals surface area contributed by atoms with Crippen molar-refractivity contribution in [3.63, 3.8) is 0 Å². The summed E-state index contributed by atoms with van der Waals surface area (Å²) in [6, 6.07) is 71.5. The minimum Gasteiger partial charge on any atom is -0.486 e. The predicted molar refractivity (Wildman–Crippen MR) is 574 cm³/mol. The van der Waals surface area contributed by atoms with E-state index in [1.807, 2.05) is 118 Å². The molecule has 5 fully saturated rings. The van der Waals surface area contributed by atoms with E-state index in [2.05, 4.69) is 119 Å². The van der Waals surface area contributed by atoms with Gasteiger partial charge >= 0.3 is 0 Å². The van der Waals surface area contributed by atoms with Crippen LogP contribution in [-0.2, 0) is 85.8 Å². The molecule has 4 bridgehead atoms. The first-order chi connectivity index (χ1) is 78.1. The van der Waals surface area contributed by atoms with Crippen molar-refractivity contribution < 1.29 is 112 Å². The Labute approximate surface area is 927 Å². The normalized spacial score (nSPS) is 21.8. The van der Waals surface area contributed by atoms with E-state index in [1.54, 1.807) is 68.5 Å². The zero-order chi connectivity index (χ0) is 122. The molecule has 0 spiro atoms. The molecule has 0 amide bonds. The van der Waals surface area contributed by atoms with Gasteiger partial charge in [0.15, 0.2) is 0 Å². The van der Waals surface area contributed by atoms with Crippen molar-refractivity contribution in [2.24, 2.45) is 51.2 Å². The van der Waals surface area contributed by atoms with Gasteiger partial charge in [-0.15, -0.1) is 161 Å². The Balaban J connectivity index is 0.000000150. The minimum absolute atomic E-state index is 0. The second kappa shape index (κ2) is 45.3. The summed E-state index contributed by atoms with van der Waals surface area (Å²) >= 11 is 0. The van der Waals surface area contributed by atoms with Crippen LogP contribution in [0.4, 0.5) is 0 Å². The molecule has 6 unspecified atom stereocenters. The molecule has 5 saturated carbocycles. The van der Waals surface area contributed by atoms with Gasteiger partial charge in [-0.3, -0.25) is 0 Å². The van der Waals surface area contributed by atoms with E-state index in [4.69, 9.17) is 50.3 Å². The minimum atomic E-state index is -2.51. The number of hydrogen-bond donors (Lipinski definition) is 0. The number of aromatic nitrogens is 9. The third kappa shape index (κ3) is 25.9. The number of rotatable bonds is 13. The van der Waals surface area contributed by atoms with Crippen LogP contribution in [0.15, 0.2) is 232 Å². The van der Waals surface area contributed by atoms with E-state index in [0.29, 0.717) is 90.9 Å². The van der Waals surface area contributed by atoms with E-state index >= 15 is 0 Å². The molecule has 12 heterocycles. The summed E-state index contributed by atoms with van der Waals surface area (Å²) in [4.78, 5) is 39.9. The molecular formula is C128H135Ir3N9O3-6.